The lowest BCUT2D eigenvalue weighted by Gasteiger charge is -2.28. The van der Waals surface area contributed by atoms with Crippen molar-refractivity contribution in [3.05, 3.63) is 27.1 Å². The maximum atomic E-state index is 12.2. The smallest absolute Gasteiger partial charge is 0.224 e. The highest BCUT2D eigenvalue weighted by molar-refractivity contribution is 9.11. The van der Waals surface area contributed by atoms with Crippen molar-refractivity contribution in [2.75, 3.05) is 5.32 Å². The maximum absolute atomic E-state index is 12.2. The lowest BCUT2D eigenvalue weighted by Crippen LogP contribution is -2.39. The number of benzene rings is 1. The van der Waals surface area contributed by atoms with Gasteiger partial charge in [-0.25, -0.2) is 0 Å². The zero-order valence-corrected chi connectivity index (χ0v) is 14.3. The Morgan fingerprint density at radius 3 is 2.40 bits per heavy atom. The summed E-state index contributed by atoms with van der Waals surface area (Å²) in [6, 6.07) is 7.09. The number of carbonyl (C=O) groups is 1. The van der Waals surface area contributed by atoms with E-state index >= 15 is 0 Å². The van der Waals surface area contributed by atoms with E-state index in [4.69, 9.17) is 0 Å². The fourth-order valence-corrected chi connectivity index (χ4v) is 4.61. The van der Waals surface area contributed by atoms with Gasteiger partial charge in [0.15, 0.2) is 0 Å². The van der Waals surface area contributed by atoms with Gasteiger partial charge in [0.25, 0.3) is 0 Å². The Morgan fingerprint density at radius 1 is 1.20 bits per heavy atom. The van der Waals surface area contributed by atoms with Crippen LogP contribution >= 0.6 is 31.9 Å². The molecule has 2 N–H and O–H groups in total. The van der Waals surface area contributed by atoms with E-state index in [9.17, 15) is 4.79 Å². The minimum Gasteiger partial charge on any atom is -0.324 e. The quantitative estimate of drug-likeness (QED) is 0.801. The van der Waals surface area contributed by atoms with Crippen LogP contribution in [0.25, 0.3) is 0 Å². The first-order valence-corrected chi connectivity index (χ1v) is 8.70. The number of hydrogen-bond acceptors (Lipinski definition) is 2. The molecule has 0 aliphatic carbocycles. The zero-order valence-electron chi connectivity index (χ0n) is 11.2. The molecule has 0 aromatic heterocycles. The Morgan fingerprint density at radius 2 is 1.80 bits per heavy atom. The van der Waals surface area contributed by atoms with Crippen molar-refractivity contribution in [2.45, 2.75) is 44.2 Å². The van der Waals surface area contributed by atoms with E-state index in [0.717, 1.165) is 27.5 Å². The molecule has 0 saturated carbocycles. The summed E-state index contributed by atoms with van der Waals surface area (Å²) in [7, 11) is 0. The summed E-state index contributed by atoms with van der Waals surface area (Å²) in [4.78, 5) is 12.2. The molecule has 2 saturated heterocycles. The summed E-state index contributed by atoms with van der Waals surface area (Å²) in [5.41, 5.74) is 0.828. The molecule has 2 unspecified atom stereocenters. The van der Waals surface area contributed by atoms with Crippen molar-refractivity contribution >= 4 is 43.5 Å². The van der Waals surface area contributed by atoms with Crippen LogP contribution < -0.4 is 10.6 Å². The van der Waals surface area contributed by atoms with Gasteiger partial charge in [-0.2, -0.15) is 0 Å². The summed E-state index contributed by atoms with van der Waals surface area (Å²) in [5.74, 6) is 0.638. The van der Waals surface area contributed by atoms with Crippen molar-refractivity contribution in [1.29, 1.82) is 0 Å². The Hall–Kier alpha value is -0.390. The number of nitrogens with one attached hydrogen (secondary N) is 2. The normalized spacial score (nSPS) is 28.4. The maximum Gasteiger partial charge on any atom is 0.224 e. The highest BCUT2D eigenvalue weighted by atomic mass is 79.9. The fraction of sp³-hybridized carbons (Fsp3) is 0.533. The summed E-state index contributed by atoms with van der Waals surface area (Å²) in [6.45, 7) is 0. The second kappa shape index (κ2) is 6.16. The number of para-hydroxylation sites is 1. The molecule has 0 spiro atoms. The number of amides is 1. The van der Waals surface area contributed by atoms with E-state index in [0.29, 0.717) is 24.4 Å². The lowest BCUT2D eigenvalue weighted by molar-refractivity contribution is -0.117. The third-order valence-electron chi connectivity index (χ3n) is 4.27. The predicted molar refractivity (Wildman–Crippen MR) is 87.8 cm³/mol. The van der Waals surface area contributed by atoms with Gasteiger partial charge in [0.1, 0.15) is 0 Å². The molecule has 2 aliphatic rings. The monoisotopic (exact) mass is 400 g/mol. The van der Waals surface area contributed by atoms with E-state index in [-0.39, 0.29) is 5.91 Å². The molecule has 1 amide bonds. The van der Waals surface area contributed by atoms with Crippen molar-refractivity contribution in [1.82, 2.24) is 5.32 Å². The van der Waals surface area contributed by atoms with Gasteiger partial charge < -0.3 is 10.6 Å². The standard InChI is InChI=1S/C15H18Br2N2O/c16-12-2-1-3-13(17)15(12)19-14(20)8-9-6-10-4-5-11(7-9)18-10/h1-3,9-11,18H,4-8H2,(H,19,20). The molecule has 2 bridgehead atoms. The minimum absolute atomic E-state index is 0.115. The molecular formula is C15H18Br2N2O. The van der Waals surface area contributed by atoms with E-state index < -0.39 is 0 Å². The van der Waals surface area contributed by atoms with Crippen LogP contribution in [0.15, 0.2) is 27.1 Å². The van der Waals surface area contributed by atoms with Gasteiger partial charge >= 0.3 is 0 Å². The molecule has 3 nitrogen and oxygen atoms in total. The van der Waals surface area contributed by atoms with Crippen molar-refractivity contribution < 1.29 is 4.79 Å². The summed E-state index contributed by atoms with van der Waals surface area (Å²) in [6.07, 6.45) is 5.46. The third kappa shape index (κ3) is 3.26. The Bertz CT molecular complexity index is 488. The van der Waals surface area contributed by atoms with Gasteiger partial charge in [-0.3, -0.25) is 4.79 Å². The summed E-state index contributed by atoms with van der Waals surface area (Å²) >= 11 is 6.95. The lowest BCUT2D eigenvalue weighted by atomic mass is 9.89. The number of hydrogen-bond donors (Lipinski definition) is 2. The average Bonchev–Trinajstić information content (AvgIpc) is 2.73. The molecule has 2 aliphatic heterocycles. The average molecular weight is 402 g/mol. The van der Waals surface area contributed by atoms with Crippen LogP contribution in [0.4, 0.5) is 5.69 Å². The van der Waals surface area contributed by atoms with Crippen molar-refractivity contribution in [3.8, 4) is 0 Å². The van der Waals surface area contributed by atoms with E-state index in [2.05, 4.69) is 42.5 Å². The number of halogens is 2. The largest absolute Gasteiger partial charge is 0.324 e. The van der Waals surface area contributed by atoms with Crippen LogP contribution in [-0.4, -0.2) is 18.0 Å². The zero-order chi connectivity index (χ0) is 14.1. The van der Waals surface area contributed by atoms with Crippen molar-refractivity contribution in [2.24, 2.45) is 5.92 Å². The Kier molecular flexibility index (Phi) is 4.48. The van der Waals surface area contributed by atoms with Crippen LogP contribution in [0.2, 0.25) is 0 Å². The van der Waals surface area contributed by atoms with E-state index in [1.54, 1.807) is 0 Å². The second-order valence-corrected chi connectivity index (χ2v) is 7.53. The van der Waals surface area contributed by atoms with Gasteiger partial charge in [0.2, 0.25) is 5.91 Å². The molecule has 1 aromatic carbocycles. The number of rotatable bonds is 3. The fourth-order valence-electron chi connectivity index (χ4n) is 3.41. The number of carbonyl (C=O) groups excluding carboxylic acids is 1. The number of anilines is 1. The molecule has 2 atom stereocenters. The highest BCUT2D eigenvalue weighted by Crippen LogP contribution is 2.34. The molecule has 3 rings (SSSR count). The van der Waals surface area contributed by atoms with Gasteiger partial charge in [-0.1, -0.05) is 6.07 Å². The molecular weight excluding hydrogens is 384 g/mol. The van der Waals surface area contributed by atoms with Crippen LogP contribution in [0.3, 0.4) is 0 Å². The number of piperidine rings is 1. The Balaban J connectivity index is 1.60. The predicted octanol–water partition coefficient (Wildman–Crippen LogP) is 4.07. The SMILES string of the molecule is O=C(CC1CC2CCC(C1)N2)Nc1c(Br)cccc1Br. The Labute approximate surface area is 136 Å². The number of fused-ring (bicyclic) bond motifs is 2. The minimum atomic E-state index is 0.115. The van der Waals surface area contributed by atoms with E-state index in [1.807, 2.05) is 18.2 Å². The topological polar surface area (TPSA) is 41.1 Å². The molecule has 20 heavy (non-hydrogen) atoms. The van der Waals surface area contributed by atoms with Crippen molar-refractivity contribution in [3.63, 3.8) is 0 Å². The molecule has 2 heterocycles. The molecule has 2 fully saturated rings. The third-order valence-corrected chi connectivity index (χ3v) is 5.59. The van der Waals surface area contributed by atoms with E-state index in [1.165, 1.54) is 12.8 Å². The molecule has 108 valence electrons. The van der Waals surface area contributed by atoms with Gasteiger partial charge in [0, 0.05) is 27.4 Å². The highest BCUT2D eigenvalue weighted by Gasteiger charge is 2.34. The van der Waals surface area contributed by atoms with Crippen LogP contribution in [0, 0.1) is 5.92 Å². The first-order valence-electron chi connectivity index (χ1n) is 7.11. The van der Waals surface area contributed by atoms with Crippen LogP contribution in [-0.2, 0) is 4.79 Å². The first-order chi connectivity index (χ1) is 9.61. The molecule has 0 radical (unpaired) electrons. The first kappa shape index (κ1) is 14.5. The second-order valence-electron chi connectivity index (χ2n) is 5.82. The van der Waals surface area contributed by atoms with Gasteiger partial charge in [-0.15, -0.1) is 0 Å². The van der Waals surface area contributed by atoms with Gasteiger partial charge in [0.05, 0.1) is 5.69 Å². The van der Waals surface area contributed by atoms with Gasteiger partial charge in [-0.05, 0) is 75.6 Å². The van der Waals surface area contributed by atoms with Crippen LogP contribution in [0.5, 0.6) is 0 Å². The molecule has 1 aromatic rings. The molecule has 5 heteroatoms. The summed E-state index contributed by atoms with van der Waals surface area (Å²) < 4.78 is 1.82. The summed E-state index contributed by atoms with van der Waals surface area (Å²) in [5, 5.41) is 6.64. The van der Waals surface area contributed by atoms with Crippen LogP contribution in [0.1, 0.15) is 32.1 Å².